The average Bonchev–Trinajstić information content (AvgIpc) is 2.42. The predicted octanol–water partition coefficient (Wildman–Crippen LogP) is 1.79. The highest BCUT2D eigenvalue weighted by molar-refractivity contribution is 7.85. The fraction of sp³-hybridized carbons (Fsp3) is 0.600. The number of hydrogen-bond donors (Lipinski definition) is 1. The molecule has 3 nitrogen and oxygen atoms in total. The van der Waals surface area contributed by atoms with Crippen LogP contribution in [0.5, 0.6) is 0 Å². The molecule has 2 rings (SSSR count). The summed E-state index contributed by atoms with van der Waals surface area (Å²) < 4.78 is 11.5. The van der Waals surface area contributed by atoms with Gasteiger partial charge in [0.1, 0.15) is 0 Å². The van der Waals surface area contributed by atoms with E-state index in [0.29, 0.717) is 12.1 Å². The Kier molecular flexibility index (Phi) is 5.55. The zero-order valence-electron chi connectivity index (χ0n) is 11.8. The van der Waals surface area contributed by atoms with Crippen LogP contribution in [-0.2, 0) is 10.8 Å². The molecule has 19 heavy (non-hydrogen) atoms. The summed E-state index contributed by atoms with van der Waals surface area (Å²) in [5, 5.41) is 3.54. The summed E-state index contributed by atoms with van der Waals surface area (Å²) in [5.74, 6) is 1.62. The summed E-state index contributed by atoms with van der Waals surface area (Å²) in [5.41, 5.74) is 1.35. The monoisotopic (exact) mass is 280 g/mol. The average molecular weight is 280 g/mol. The highest BCUT2D eigenvalue weighted by atomic mass is 32.2. The lowest BCUT2D eigenvalue weighted by Crippen LogP contribution is -2.44. The van der Waals surface area contributed by atoms with E-state index in [-0.39, 0.29) is 0 Å². The molecule has 1 saturated heterocycles. The second-order valence-electron chi connectivity index (χ2n) is 5.37. The number of benzene rings is 1. The van der Waals surface area contributed by atoms with E-state index in [1.165, 1.54) is 5.56 Å². The lowest BCUT2D eigenvalue weighted by molar-refractivity contribution is 0.207. The van der Waals surface area contributed by atoms with Crippen molar-refractivity contribution in [3.05, 3.63) is 35.9 Å². The van der Waals surface area contributed by atoms with Gasteiger partial charge in [0.2, 0.25) is 0 Å². The molecule has 1 aliphatic rings. The number of hydrogen-bond acceptors (Lipinski definition) is 3. The topological polar surface area (TPSA) is 32.3 Å². The third-order valence-electron chi connectivity index (χ3n) is 3.56. The Balaban J connectivity index is 2.07. The van der Waals surface area contributed by atoms with Gasteiger partial charge in [-0.3, -0.25) is 9.11 Å². The van der Waals surface area contributed by atoms with E-state index in [9.17, 15) is 4.21 Å². The quantitative estimate of drug-likeness (QED) is 0.892. The molecule has 0 aromatic heterocycles. The maximum Gasteiger partial charge on any atom is 0.0473 e. The van der Waals surface area contributed by atoms with Crippen molar-refractivity contribution in [2.45, 2.75) is 25.9 Å². The Hall–Kier alpha value is -0.710. The van der Waals surface area contributed by atoms with E-state index >= 15 is 0 Å². The lowest BCUT2D eigenvalue weighted by Gasteiger charge is -2.35. The minimum atomic E-state index is -0.609. The summed E-state index contributed by atoms with van der Waals surface area (Å²) in [6.45, 7) is 7.17. The third kappa shape index (κ3) is 4.41. The van der Waals surface area contributed by atoms with Gasteiger partial charge in [-0.1, -0.05) is 44.2 Å². The van der Waals surface area contributed by atoms with E-state index < -0.39 is 10.8 Å². The summed E-state index contributed by atoms with van der Waals surface area (Å²) in [6.07, 6.45) is 0. The molecular formula is C15H24N2OS. The van der Waals surface area contributed by atoms with Crippen molar-refractivity contribution in [3.8, 4) is 0 Å². The molecule has 0 bridgehead atoms. The van der Waals surface area contributed by atoms with Crippen molar-refractivity contribution in [3.63, 3.8) is 0 Å². The molecule has 1 N–H and O–H groups in total. The summed E-state index contributed by atoms with van der Waals surface area (Å²) >= 11 is 0. The first kappa shape index (κ1) is 14.7. The van der Waals surface area contributed by atoms with Crippen LogP contribution in [0.1, 0.15) is 25.5 Å². The zero-order chi connectivity index (χ0) is 13.7. The standard InChI is InChI=1S/C15H24N2OS/c1-13(2)16-12-15(14-6-4-3-5-7-14)17-8-10-19(18)11-9-17/h3-7,13,15-16H,8-12H2,1-2H3. The van der Waals surface area contributed by atoms with E-state index in [1.54, 1.807) is 0 Å². The minimum absolute atomic E-state index is 0.390. The lowest BCUT2D eigenvalue weighted by atomic mass is 10.0. The summed E-state index contributed by atoms with van der Waals surface area (Å²) in [4.78, 5) is 2.46. The number of rotatable bonds is 5. The van der Waals surface area contributed by atoms with Gasteiger partial charge in [0.25, 0.3) is 0 Å². The molecule has 1 atom stereocenters. The third-order valence-corrected chi connectivity index (χ3v) is 4.83. The van der Waals surface area contributed by atoms with E-state index in [2.05, 4.69) is 54.4 Å². The first-order valence-electron chi connectivity index (χ1n) is 7.04. The van der Waals surface area contributed by atoms with E-state index in [4.69, 9.17) is 0 Å². The summed E-state index contributed by atoms with van der Waals surface area (Å²) in [6, 6.07) is 11.5. The van der Waals surface area contributed by atoms with Crippen molar-refractivity contribution >= 4 is 10.8 Å². The molecule has 1 aromatic carbocycles. The minimum Gasteiger partial charge on any atom is -0.313 e. The predicted molar refractivity (Wildman–Crippen MR) is 81.8 cm³/mol. The van der Waals surface area contributed by atoms with Gasteiger partial charge in [0, 0.05) is 54.0 Å². The smallest absolute Gasteiger partial charge is 0.0473 e. The largest absolute Gasteiger partial charge is 0.313 e. The molecule has 106 valence electrons. The van der Waals surface area contributed by atoms with Crippen LogP contribution < -0.4 is 5.32 Å². The molecule has 1 heterocycles. The second kappa shape index (κ2) is 7.17. The fourth-order valence-corrected chi connectivity index (χ4v) is 3.52. The molecule has 1 unspecified atom stereocenters. The Morgan fingerprint density at radius 3 is 2.42 bits per heavy atom. The van der Waals surface area contributed by atoms with Gasteiger partial charge in [-0.05, 0) is 5.56 Å². The molecule has 1 fully saturated rings. The molecule has 0 saturated carbocycles. The normalized spacial score (nSPS) is 19.7. The van der Waals surface area contributed by atoms with Gasteiger partial charge >= 0.3 is 0 Å². The number of nitrogens with one attached hydrogen (secondary N) is 1. The highest BCUT2D eigenvalue weighted by Gasteiger charge is 2.24. The molecule has 0 amide bonds. The molecule has 1 aliphatic heterocycles. The maximum absolute atomic E-state index is 11.5. The molecule has 0 radical (unpaired) electrons. The first-order chi connectivity index (χ1) is 9.16. The van der Waals surface area contributed by atoms with Crippen LogP contribution in [0.4, 0.5) is 0 Å². The van der Waals surface area contributed by atoms with Gasteiger partial charge in [0.15, 0.2) is 0 Å². The second-order valence-corrected chi connectivity index (χ2v) is 7.07. The van der Waals surface area contributed by atoms with Crippen LogP contribution in [0, 0.1) is 0 Å². The molecule has 0 spiro atoms. The highest BCUT2D eigenvalue weighted by Crippen LogP contribution is 2.21. The van der Waals surface area contributed by atoms with Crippen LogP contribution in [0.25, 0.3) is 0 Å². The van der Waals surface area contributed by atoms with Gasteiger partial charge in [-0.15, -0.1) is 0 Å². The first-order valence-corrected chi connectivity index (χ1v) is 8.53. The Bertz CT molecular complexity index is 398. The van der Waals surface area contributed by atoms with Gasteiger partial charge in [-0.2, -0.15) is 0 Å². The van der Waals surface area contributed by atoms with Crippen LogP contribution >= 0.6 is 0 Å². The van der Waals surface area contributed by atoms with Crippen molar-refractivity contribution in [1.29, 1.82) is 0 Å². The Morgan fingerprint density at radius 1 is 1.21 bits per heavy atom. The van der Waals surface area contributed by atoms with Crippen LogP contribution in [0.15, 0.2) is 30.3 Å². The summed E-state index contributed by atoms with van der Waals surface area (Å²) in [7, 11) is -0.609. The van der Waals surface area contributed by atoms with Crippen molar-refractivity contribution in [2.75, 3.05) is 31.1 Å². The van der Waals surface area contributed by atoms with E-state index in [1.807, 2.05) is 0 Å². The van der Waals surface area contributed by atoms with Crippen molar-refractivity contribution in [1.82, 2.24) is 10.2 Å². The number of nitrogens with zero attached hydrogens (tertiary/aromatic N) is 1. The van der Waals surface area contributed by atoms with Gasteiger partial charge in [-0.25, -0.2) is 0 Å². The SMILES string of the molecule is CC(C)NCC(c1ccccc1)N1CCS(=O)CC1. The van der Waals surface area contributed by atoms with Crippen molar-refractivity contribution in [2.24, 2.45) is 0 Å². The van der Waals surface area contributed by atoms with Gasteiger partial charge in [0.05, 0.1) is 0 Å². The van der Waals surface area contributed by atoms with Gasteiger partial charge < -0.3 is 5.32 Å². The maximum atomic E-state index is 11.5. The van der Waals surface area contributed by atoms with Crippen LogP contribution in [-0.4, -0.2) is 46.3 Å². The van der Waals surface area contributed by atoms with E-state index in [0.717, 1.165) is 31.1 Å². The fourth-order valence-electron chi connectivity index (χ4n) is 2.44. The van der Waals surface area contributed by atoms with Crippen LogP contribution in [0.2, 0.25) is 0 Å². The molecular weight excluding hydrogens is 256 g/mol. The van der Waals surface area contributed by atoms with Crippen molar-refractivity contribution < 1.29 is 4.21 Å². The van der Waals surface area contributed by atoms with Crippen LogP contribution in [0.3, 0.4) is 0 Å². The molecule has 1 aromatic rings. The Morgan fingerprint density at radius 2 is 1.84 bits per heavy atom. The molecule has 0 aliphatic carbocycles. The Labute approximate surface area is 118 Å². The zero-order valence-corrected chi connectivity index (χ0v) is 12.7. The molecule has 4 heteroatoms.